The fraction of sp³-hybridized carbons (Fsp3) is 0.583. The molecule has 0 bridgehead atoms. The Bertz CT molecular complexity index is 886. The molecule has 1 N–H and O–H groups in total. The fourth-order valence-electron chi connectivity index (χ4n) is 5.12. The number of pyridine rings is 1. The monoisotopic (exact) mass is 392 g/mol. The van der Waals surface area contributed by atoms with Crippen LogP contribution in [-0.4, -0.2) is 54.1 Å². The second-order valence-corrected chi connectivity index (χ2v) is 9.14. The second-order valence-electron chi connectivity index (χ2n) is 9.14. The summed E-state index contributed by atoms with van der Waals surface area (Å²) in [6.07, 6.45) is 6.89. The van der Waals surface area contributed by atoms with Crippen LogP contribution in [0.1, 0.15) is 44.2 Å². The molecule has 154 valence electrons. The molecule has 1 aromatic carbocycles. The average molecular weight is 393 g/mol. The highest BCUT2D eigenvalue weighted by atomic mass is 16.2. The maximum atomic E-state index is 12.5. The van der Waals surface area contributed by atoms with E-state index in [-0.39, 0.29) is 5.92 Å². The van der Waals surface area contributed by atoms with E-state index in [1.165, 1.54) is 36.8 Å². The molecule has 0 unspecified atom stereocenters. The zero-order valence-corrected chi connectivity index (χ0v) is 17.4. The second kappa shape index (κ2) is 7.94. The van der Waals surface area contributed by atoms with Gasteiger partial charge in [0.2, 0.25) is 5.91 Å². The standard InChI is InChI=1S/C24H32N4O/c1-17-15-23(21-6-2-3-7-22(21)25-17)27-13-10-20(11-14-27)28-12-4-5-18(16-28)24(29)26-19-8-9-19/h2-3,6-7,15,18-20H,4-5,8-14,16H2,1H3,(H,26,29)/t18-/m1/s1. The van der Waals surface area contributed by atoms with Crippen LogP contribution in [0.15, 0.2) is 30.3 Å². The maximum absolute atomic E-state index is 12.5. The van der Waals surface area contributed by atoms with Crippen molar-refractivity contribution in [3.05, 3.63) is 36.0 Å². The van der Waals surface area contributed by atoms with Crippen molar-refractivity contribution in [3.63, 3.8) is 0 Å². The van der Waals surface area contributed by atoms with Gasteiger partial charge in [-0.05, 0) is 64.1 Å². The number of nitrogens with zero attached hydrogens (tertiary/aromatic N) is 3. The summed E-state index contributed by atoms with van der Waals surface area (Å²) in [7, 11) is 0. The third-order valence-corrected chi connectivity index (χ3v) is 6.89. The average Bonchev–Trinajstić information content (AvgIpc) is 3.57. The number of para-hydroxylation sites is 1. The van der Waals surface area contributed by atoms with E-state index in [1.807, 2.05) is 0 Å². The molecule has 5 rings (SSSR count). The normalized spacial score (nSPS) is 24.0. The van der Waals surface area contributed by atoms with E-state index in [0.717, 1.165) is 50.2 Å². The summed E-state index contributed by atoms with van der Waals surface area (Å²) in [5.41, 5.74) is 3.50. The maximum Gasteiger partial charge on any atom is 0.224 e. The van der Waals surface area contributed by atoms with Crippen LogP contribution in [0.25, 0.3) is 10.9 Å². The highest BCUT2D eigenvalue weighted by Crippen LogP contribution is 2.31. The van der Waals surface area contributed by atoms with Crippen molar-refractivity contribution in [3.8, 4) is 0 Å². The van der Waals surface area contributed by atoms with E-state index in [4.69, 9.17) is 4.98 Å². The third kappa shape index (κ3) is 4.11. The molecule has 0 spiro atoms. The van der Waals surface area contributed by atoms with Crippen molar-refractivity contribution < 1.29 is 4.79 Å². The van der Waals surface area contributed by atoms with Crippen LogP contribution in [0.5, 0.6) is 0 Å². The predicted octanol–water partition coefficient (Wildman–Crippen LogP) is 3.50. The van der Waals surface area contributed by atoms with Gasteiger partial charge in [-0.1, -0.05) is 18.2 Å². The lowest BCUT2D eigenvalue weighted by molar-refractivity contribution is -0.127. The number of carbonyl (C=O) groups excluding carboxylic acids is 1. The molecule has 2 saturated heterocycles. The summed E-state index contributed by atoms with van der Waals surface area (Å²) in [5.74, 6) is 0.488. The van der Waals surface area contributed by atoms with Gasteiger partial charge in [0, 0.05) is 48.5 Å². The summed E-state index contributed by atoms with van der Waals surface area (Å²) < 4.78 is 0. The number of nitrogens with one attached hydrogen (secondary N) is 1. The van der Waals surface area contributed by atoms with Gasteiger partial charge in [0.15, 0.2) is 0 Å². The number of hydrogen-bond acceptors (Lipinski definition) is 4. The topological polar surface area (TPSA) is 48.5 Å². The Balaban J connectivity index is 1.23. The first-order chi connectivity index (χ1) is 14.2. The fourth-order valence-corrected chi connectivity index (χ4v) is 5.12. The van der Waals surface area contributed by atoms with Gasteiger partial charge >= 0.3 is 0 Å². The number of piperidine rings is 2. The lowest BCUT2D eigenvalue weighted by atomic mass is 9.93. The van der Waals surface area contributed by atoms with Crippen LogP contribution in [0.3, 0.4) is 0 Å². The number of likely N-dealkylation sites (tertiary alicyclic amines) is 1. The molecule has 1 saturated carbocycles. The zero-order valence-electron chi connectivity index (χ0n) is 17.4. The minimum atomic E-state index is 0.189. The molecule has 5 nitrogen and oxygen atoms in total. The highest BCUT2D eigenvalue weighted by Gasteiger charge is 2.34. The molecule has 0 radical (unpaired) electrons. The Labute approximate surface area is 173 Å². The van der Waals surface area contributed by atoms with Crippen molar-refractivity contribution in [1.29, 1.82) is 0 Å². The summed E-state index contributed by atoms with van der Waals surface area (Å²) in [5, 5.41) is 4.47. The summed E-state index contributed by atoms with van der Waals surface area (Å²) >= 11 is 0. The number of carbonyl (C=O) groups is 1. The zero-order chi connectivity index (χ0) is 19.8. The van der Waals surface area contributed by atoms with E-state index in [2.05, 4.69) is 52.4 Å². The number of aromatic nitrogens is 1. The molecular weight excluding hydrogens is 360 g/mol. The molecule has 3 aliphatic rings. The number of fused-ring (bicyclic) bond motifs is 1. The number of benzene rings is 1. The van der Waals surface area contributed by atoms with Gasteiger partial charge in [0.25, 0.3) is 0 Å². The Kier molecular flexibility index (Phi) is 5.17. The Morgan fingerprint density at radius 1 is 1.07 bits per heavy atom. The van der Waals surface area contributed by atoms with Gasteiger partial charge in [0.05, 0.1) is 11.4 Å². The molecule has 1 amide bonds. The first-order valence-corrected chi connectivity index (χ1v) is 11.3. The quantitative estimate of drug-likeness (QED) is 0.865. The third-order valence-electron chi connectivity index (χ3n) is 6.89. The van der Waals surface area contributed by atoms with Gasteiger partial charge < -0.3 is 10.2 Å². The molecule has 5 heteroatoms. The largest absolute Gasteiger partial charge is 0.371 e. The summed E-state index contributed by atoms with van der Waals surface area (Å²) in [6.45, 7) is 6.33. The van der Waals surface area contributed by atoms with E-state index in [0.29, 0.717) is 18.0 Å². The molecule has 1 aliphatic carbocycles. The van der Waals surface area contributed by atoms with Crippen molar-refractivity contribution in [2.24, 2.45) is 5.92 Å². The number of aryl methyl sites for hydroxylation is 1. The molecule has 1 aromatic heterocycles. The Morgan fingerprint density at radius 2 is 1.86 bits per heavy atom. The molecule has 1 atom stereocenters. The summed E-state index contributed by atoms with van der Waals surface area (Å²) in [6, 6.07) is 11.8. The molecule has 3 heterocycles. The molecule has 2 aromatic rings. The lowest BCUT2D eigenvalue weighted by Crippen LogP contribution is -2.51. The number of amides is 1. The van der Waals surface area contributed by atoms with Crippen LogP contribution in [-0.2, 0) is 4.79 Å². The van der Waals surface area contributed by atoms with Gasteiger partial charge in [-0.2, -0.15) is 0 Å². The Hall–Kier alpha value is -2.14. The highest BCUT2D eigenvalue weighted by molar-refractivity contribution is 5.92. The minimum Gasteiger partial charge on any atom is -0.371 e. The predicted molar refractivity (Wildman–Crippen MR) is 117 cm³/mol. The SMILES string of the molecule is Cc1cc(N2CCC(N3CCC[C@@H](C(=O)NC4CC4)C3)CC2)c2ccccc2n1. The van der Waals surface area contributed by atoms with Gasteiger partial charge in [-0.15, -0.1) is 0 Å². The van der Waals surface area contributed by atoms with E-state index >= 15 is 0 Å². The first kappa shape index (κ1) is 18.9. The smallest absolute Gasteiger partial charge is 0.224 e. The van der Waals surface area contributed by atoms with Crippen LogP contribution in [0.2, 0.25) is 0 Å². The van der Waals surface area contributed by atoms with Gasteiger partial charge in [-0.25, -0.2) is 0 Å². The van der Waals surface area contributed by atoms with Crippen molar-refractivity contribution in [1.82, 2.24) is 15.2 Å². The van der Waals surface area contributed by atoms with E-state index in [1.54, 1.807) is 0 Å². The summed E-state index contributed by atoms with van der Waals surface area (Å²) in [4.78, 5) is 22.4. The minimum absolute atomic E-state index is 0.189. The molecular formula is C24H32N4O. The number of rotatable bonds is 4. The van der Waals surface area contributed by atoms with Crippen molar-refractivity contribution in [2.45, 2.75) is 57.5 Å². The van der Waals surface area contributed by atoms with Gasteiger partial charge in [0.1, 0.15) is 0 Å². The Morgan fingerprint density at radius 3 is 2.66 bits per heavy atom. The first-order valence-electron chi connectivity index (χ1n) is 11.3. The van der Waals surface area contributed by atoms with Crippen molar-refractivity contribution >= 4 is 22.5 Å². The van der Waals surface area contributed by atoms with Crippen LogP contribution < -0.4 is 10.2 Å². The van der Waals surface area contributed by atoms with E-state index < -0.39 is 0 Å². The molecule has 29 heavy (non-hydrogen) atoms. The number of anilines is 1. The number of hydrogen-bond donors (Lipinski definition) is 1. The van der Waals surface area contributed by atoms with Crippen LogP contribution in [0, 0.1) is 12.8 Å². The van der Waals surface area contributed by atoms with Crippen LogP contribution in [0.4, 0.5) is 5.69 Å². The molecule has 2 aliphatic heterocycles. The molecule has 3 fully saturated rings. The van der Waals surface area contributed by atoms with Gasteiger partial charge in [-0.3, -0.25) is 14.7 Å². The van der Waals surface area contributed by atoms with E-state index in [9.17, 15) is 4.79 Å². The lowest BCUT2D eigenvalue weighted by Gasteiger charge is -2.42. The van der Waals surface area contributed by atoms with Crippen molar-refractivity contribution in [2.75, 3.05) is 31.1 Å². The van der Waals surface area contributed by atoms with Crippen LogP contribution >= 0.6 is 0 Å².